The number of para-hydroxylation sites is 1. The molecule has 188 valence electrons. The van der Waals surface area contributed by atoms with Gasteiger partial charge in [0.2, 0.25) is 5.88 Å². The molecular weight excluding hydrogens is 483 g/mol. The summed E-state index contributed by atoms with van der Waals surface area (Å²) < 4.78 is 77.6. The second-order valence-corrected chi connectivity index (χ2v) is 8.54. The first-order valence-electron chi connectivity index (χ1n) is 11.2. The third-order valence-electron chi connectivity index (χ3n) is 6.46. The summed E-state index contributed by atoms with van der Waals surface area (Å²) >= 11 is 0. The van der Waals surface area contributed by atoms with Crippen LogP contribution in [-0.2, 0) is 12.7 Å². The number of nitrogens with zero attached hydrogens (tertiary/aromatic N) is 4. The molecule has 0 spiro atoms. The Balaban J connectivity index is 1.61. The monoisotopic (exact) mass is 504 g/mol. The van der Waals surface area contributed by atoms with E-state index in [9.17, 15) is 26.7 Å². The molecule has 0 aliphatic carbocycles. The molecule has 1 aliphatic heterocycles. The van der Waals surface area contributed by atoms with Crippen LogP contribution in [0.5, 0.6) is 5.88 Å². The van der Waals surface area contributed by atoms with Gasteiger partial charge in [-0.2, -0.15) is 13.2 Å². The largest absolute Gasteiger partial charge is 0.479 e. The van der Waals surface area contributed by atoms with Crippen LogP contribution in [0.4, 0.5) is 27.6 Å². The third kappa shape index (κ3) is 3.98. The molecule has 0 bridgehead atoms. The lowest BCUT2D eigenvalue weighted by Gasteiger charge is -2.20. The summed E-state index contributed by atoms with van der Waals surface area (Å²) in [5, 5.41) is 0. The minimum absolute atomic E-state index is 0.0847. The first-order valence-corrected chi connectivity index (χ1v) is 11.2. The van der Waals surface area contributed by atoms with Crippen molar-refractivity contribution in [3.8, 4) is 5.88 Å². The van der Waals surface area contributed by atoms with Gasteiger partial charge in [-0.15, -0.1) is 0 Å². The summed E-state index contributed by atoms with van der Waals surface area (Å²) in [5.74, 6) is -1.33. The number of hydrogen-bond acceptors (Lipinski definition) is 4. The van der Waals surface area contributed by atoms with Crippen LogP contribution >= 0.6 is 0 Å². The summed E-state index contributed by atoms with van der Waals surface area (Å²) in [4.78, 5) is 19.3. The first kappa shape index (κ1) is 23.8. The highest BCUT2D eigenvalue weighted by molar-refractivity contribution is 5.81. The minimum atomic E-state index is -4.60. The van der Waals surface area contributed by atoms with Crippen molar-refractivity contribution in [2.45, 2.75) is 25.2 Å². The zero-order valence-corrected chi connectivity index (χ0v) is 19.1. The molecule has 2 aromatic carbocycles. The second kappa shape index (κ2) is 8.96. The molecule has 0 radical (unpaired) electrons. The molecule has 1 fully saturated rings. The number of methoxy groups -OCH3 is 1. The van der Waals surface area contributed by atoms with E-state index in [4.69, 9.17) is 4.74 Å². The van der Waals surface area contributed by atoms with E-state index >= 15 is 0 Å². The lowest BCUT2D eigenvalue weighted by molar-refractivity contribution is -0.138. The number of aromatic nitrogens is 3. The van der Waals surface area contributed by atoms with E-state index in [1.54, 1.807) is 6.07 Å². The molecule has 0 N–H and O–H groups in total. The Labute approximate surface area is 202 Å². The summed E-state index contributed by atoms with van der Waals surface area (Å²) in [6.07, 6.45) is -2.76. The van der Waals surface area contributed by atoms with Crippen LogP contribution in [0.15, 0.2) is 59.5 Å². The van der Waals surface area contributed by atoms with Crippen LogP contribution in [0, 0.1) is 11.6 Å². The van der Waals surface area contributed by atoms with Gasteiger partial charge in [0, 0.05) is 19.3 Å². The van der Waals surface area contributed by atoms with Gasteiger partial charge in [-0.25, -0.2) is 18.6 Å². The van der Waals surface area contributed by atoms with Gasteiger partial charge in [0.05, 0.1) is 30.8 Å². The molecule has 11 heteroatoms. The Bertz CT molecular complexity index is 1470. The van der Waals surface area contributed by atoms with Crippen molar-refractivity contribution >= 4 is 16.7 Å². The highest BCUT2D eigenvalue weighted by Crippen LogP contribution is 2.35. The number of imidazole rings is 1. The van der Waals surface area contributed by atoms with Crippen molar-refractivity contribution in [3.63, 3.8) is 0 Å². The normalized spacial score (nSPS) is 16.2. The fourth-order valence-electron chi connectivity index (χ4n) is 4.90. The Morgan fingerprint density at radius 1 is 1.06 bits per heavy atom. The number of ether oxygens (including phenoxy) is 1. The van der Waals surface area contributed by atoms with E-state index in [1.807, 2.05) is 0 Å². The SMILES string of the molecule is COc1nccc2c1n(Cc1ccccc1C(F)(F)F)c(=O)n2[C@@H]1CCN(c2c(F)cccc2F)C1. The molecule has 1 atom stereocenters. The van der Waals surface area contributed by atoms with E-state index in [0.29, 0.717) is 18.5 Å². The molecule has 0 unspecified atom stereocenters. The minimum Gasteiger partial charge on any atom is -0.479 e. The molecule has 5 rings (SSSR count). The number of fused-ring (bicyclic) bond motifs is 1. The van der Waals surface area contributed by atoms with E-state index < -0.39 is 35.1 Å². The lowest BCUT2D eigenvalue weighted by Crippen LogP contribution is -2.30. The smallest absolute Gasteiger partial charge is 0.416 e. The third-order valence-corrected chi connectivity index (χ3v) is 6.46. The maximum atomic E-state index is 14.4. The Hall–Kier alpha value is -3.89. The van der Waals surface area contributed by atoms with Crippen LogP contribution in [0.3, 0.4) is 0 Å². The Morgan fingerprint density at radius 3 is 2.47 bits per heavy atom. The number of benzene rings is 2. The number of hydrogen-bond donors (Lipinski definition) is 0. The summed E-state index contributed by atoms with van der Waals surface area (Å²) in [6.45, 7) is 0.0693. The summed E-state index contributed by atoms with van der Waals surface area (Å²) in [6, 6.07) is 9.75. The van der Waals surface area contributed by atoms with Crippen LogP contribution in [0.1, 0.15) is 23.6 Å². The van der Waals surface area contributed by atoms with Gasteiger partial charge < -0.3 is 9.64 Å². The number of anilines is 1. The van der Waals surface area contributed by atoms with Gasteiger partial charge in [-0.05, 0) is 36.2 Å². The van der Waals surface area contributed by atoms with Gasteiger partial charge in [0.1, 0.15) is 22.8 Å². The standard InChI is InChI=1S/C25H21F5N4O2/c1-36-23-22-20(9-11-31-23)34(16-10-12-32(14-16)21-18(26)7-4-8-19(21)27)24(35)33(22)13-15-5-2-3-6-17(15)25(28,29)30/h2-9,11,16H,10,12-14H2,1H3/t16-/m1/s1. The van der Waals surface area contributed by atoms with Crippen molar-refractivity contribution in [2.24, 2.45) is 0 Å². The zero-order chi connectivity index (χ0) is 25.6. The molecule has 4 aromatic rings. The summed E-state index contributed by atoms with van der Waals surface area (Å²) in [7, 11) is 1.36. The van der Waals surface area contributed by atoms with E-state index in [0.717, 1.165) is 6.07 Å². The molecule has 0 amide bonds. The quantitative estimate of drug-likeness (QED) is 0.359. The van der Waals surface area contributed by atoms with Crippen molar-refractivity contribution in [2.75, 3.05) is 25.1 Å². The van der Waals surface area contributed by atoms with Crippen molar-refractivity contribution in [1.29, 1.82) is 0 Å². The molecule has 1 saturated heterocycles. The molecule has 6 nitrogen and oxygen atoms in total. The zero-order valence-electron chi connectivity index (χ0n) is 19.1. The Kier molecular flexibility index (Phi) is 5.93. The van der Waals surface area contributed by atoms with Crippen molar-refractivity contribution in [3.05, 3.63) is 88.0 Å². The predicted molar refractivity (Wildman–Crippen MR) is 123 cm³/mol. The molecule has 3 heterocycles. The van der Waals surface area contributed by atoms with E-state index in [2.05, 4.69) is 4.98 Å². The number of pyridine rings is 1. The average Bonchev–Trinajstić information content (AvgIpc) is 3.41. The van der Waals surface area contributed by atoms with Gasteiger partial charge >= 0.3 is 11.9 Å². The van der Waals surface area contributed by atoms with Crippen LogP contribution in [0.25, 0.3) is 11.0 Å². The Morgan fingerprint density at radius 2 is 1.78 bits per heavy atom. The number of rotatable bonds is 5. The molecule has 0 saturated carbocycles. The first-order chi connectivity index (χ1) is 17.2. The van der Waals surface area contributed by atoms with Gasteiger partial charge in [0.25, 0.3) is 0 Å². The van der Waals surface area contributed by atoms with Gasteiger partial charge in [-0.1, -0.05) is 24.3 Å². The van der Waals surface area contributed by atoms with Crippen LogP contribution < -0.4 is 15.3 Å². The fourth-order valence-corrected chi connectivity index (χ4v) is 4.90. The van der Waals surface area contributed by atoms with Crippen molar-refractivity contribution < 1.29 is 26.7 Å². The highest BCUT2D eigenvalue weighted by atomic mass is 19.4. The predicted octanol–water partition coefficient (Wildman–Crippen LogP) is 5.00. The van der Waals surface area contributed by atoms with Gasteiger partial charge in [-0.3, -0.25) is 9.13 Å². The molecule has 2 aromatic heterocycles. The average molecular weight is 504 g/mol. The van der Waals surface area contributed by atoms with E-state index in [1.165, 1.54) is 63.7 Å². The van der Waals surface area contributed by atoms with Crippen LogP contribution in [-0.4, -0.2) is 34.3 Å². The fraction of sp³-hybridized carbons (Fsp3) is 0.280. The van der Waals surface area contributed by atoms with Crippen LogP contribution in [0.2, 0.25) is 0 Å². The maximum Gasteiger partial charge on any atom is 0.416 e. The molecule has 1 aliphatic rings. The highest BCUT2D eigenvalue weighted by Gasteiger charge is 2.35. The van der Waals surface area contributed by atoms with Gasteiger partial charge in [0.15, 0.2) is 0 Å². The molecule has 36 heavy (non-hydrogen) atoms. The molecular formula is C25H21F5N4O2. The number of alkyl halides is 3. The topological polar surface area (TPSA) is 52.3 Å². The second-order valence-electron chi connectivity index (χ2n) is 8.54. The number of halogens is 5. The lowest BCUT2D eigenvalue weighted by atomic mass is 10.1. The van der Waals surface area contributed by atoms with Crippen molar-refractivity contribution in [1.82, 2.24) is 14.1 Å². The summed E-state index contributed by atoms with van der Waals surface area (Å²) in [5.41, 5.74) is -1.000. The maximum absolute atomic E-state index is 14.4. The van der Waals surface area contributed by atoms with E-state index in [-0.39, 0.29) is 35.7 Å².